The summed E-state index contributed by atoms with van der Waals surface area (Å²) < 4.78 is 33.4. The molecule has 378 valence electrons. The first-order valence-electron chi connectivity index (χ1n) is 22.3. The van der Waals surface area contributed by atoms with Gasteiger partial charge >= 0.3 is 11.8 Å². The van der Waals surface area contributed by atoms with E-state index in [-0.39, 0.29) is 77.9 Å². The minimum atomic E-state index is -0.765. The van der Waals surface area contributed by atoms with Crippen LogP contribution in [0.4, 0.5) is 11.6 Å². The van der Waals surface area contributed by atoms with Crippen LogP contribution < -0.4 is 54.1 Å². The molecule has 0 fully saturated rings. The second-order valence-corrected chi connectivity index (χ2v) is 15.4. The van der Waals surface area contributed by atoms with E-state index in [1.165, 1.54) is 0 Å². The second-order valence-electron chi connectivity index (χ2n) is 14.6. The Labute approximate surface area is 411 Å². The molecule has 0 aliphatic rings. The number of nitrogens with two attached hydrogens (primary N) is 5. The summed E-state index contributed by atoms with van der Waals surface area (Å²) in [7, 11) is 0. The van der Waals surface area contributed by atoms with Crippen molar-refractivity contribution in [2.75, 3.05) is 104 Å². The summed E-state index contributed by atoms with van der Waals surface area (Å²) in [6, 6.07) is 15.5. The number of aryl methyl sites for hydroxylation is 2. The molecule has 0 bridgehead atoms. The first-order chi connectivity index (χ1) is 33.4. The summed E-state index contributed by atoms with van der Waals surface area (Å²) in [5.74, 6) is -1.26. The maximum absolute atomic E-state index is 12.3. The number of anilines is 2. The molecular formula is C45H64Cl2N12O10. The normalized spacial score (nSPS) is 11.8. The number of unbranched alkanes of at least 4 members (excludes halogenated alkanes) is 2. The van der Waals surface area contributed by atoms with Gasteiger partial charge in [-0.05, 0) is 73.9 Å². The topological polar surface area (TPSA) is 340 Å². The van der Waals surface area contributed by atoms with Crippen LogP contribution in [0.1, 0.15) is 53.7 Å². The van der Waals surface area contributed by atoms with E-state index >= 15 is 0 Å². The molecule has 0 saturated heterocycles. The Balaban J connectivity index is 1.07. The summed E-state index contributed by atoms with van der Waals surface area (Å²) >= 11 is 11.6. The highest BCUT2D eigenvalue weighted by Crippen LogP contribution is 2.18. The highest BCUT2D eigenvalue weighted by Gasteiger charge is 2.17. The van der Waals surface area contributed by atoms with Crippen molar-refractivity contribution < 1.29 is 47.6 Å². The van der Waals surface area contributed by atoms with Gasteiger partial charge in [0.15, 0.2) is 34.2 Å². The quantitative estimate of drug-likeness (QED) is 0.0139. The zero-order chi connectivity index (χ0) is 50.1. The number of nitrogens with one attached hydrogen (secondary N) is 3. The van der Waals surface area contributed by atoms with Crippen LogP contribution in [0.2, 0.25) is 5.15 Å². The Bertz CT molecular complexity index is 2130. The third kappa shape index (κ3) is 24.6. The molecule has 3 aromatic rings. The summed E-state index contributed by atoms with van der Waals surface area (Å²) in [4.78, 5) is 64.4. The monoisotopic (exact) mass is 1000 g/mol. The van der Waals surface area contributed by atoms with E-state index in [0.29, 0.717) is 78.0 Å². The lowest BCUT2D eigenvalue weighted by Gasteiger charge is -2.10. The Morgan fingerprint density at radius 2 is 1.16 bits per heavy atom. The van der Waals surface area contributed by atoms with Gasteiger partial charge in [0.25, 0.3) is 5.91 Å². The number of halogens is 2. The maximum Gasteiger partial charge on any atom is 0.309 e. The molecule has 2 aromatic carbocycles. The van der Waals surface area contributed by atoms with Gasteiger partial charge in [-0.3, -0.25) is 29.5 Å². The lowest BCUT2D eigenvalue weighted by atomic mass is 10.0. The standard InChI is InChI=1S/C45H64Cl2N12O10/c46-37(30-49)56-35(29-48)36(60)7-2-1-5-31-8-12-33(13-9-31)68-27-25-66-23-21-64-19-17-53-43(62)44(63)54-18-20-65-22-24-67-26-28-69-34-14-10-32(11-15-34)6-3-4-16-55-45(52)59-42(61)38-40(50)58-41(51)39(47)57-38/h8-15,30H,1-7,16-29,48-49H2,(H,53,62)(H,54,63)(H4,50,51,58)(H3,52,55,59,61). The van der Waals surface area contributed by atoms with Gasteiger partial charge < -0.3 is 67.7 Å². The highest BCUT2D eigenvalue weighted by atomic mass is 35.5. The van der Waals surface area contributed by atoms with Crippen molar-refractivity contribution in [3.05, 3.63) is 81.9 Å². The van der Waals surface area contributed by atoms with E-state index in [1.54, 1.807) is 0 Å². The van der Waals surface area contributed by atoms with Crippen molar-refractivity contribution >= 4 is 70.0 Å². The van der Waals surface area contributed by atoms with E-state index in [2.05, 4.69) is 35.9 Å². The molecule has 22 nitrogen and oxygen atoms in total. The van der Waals surface area contributed by atoms with Crippen LogP contribution in [0.25, 0.3) is 0 Å². The average Bonchev–Trinajstić information content (AvgIpc) is 3.34. The SMILES string of the molecule is NC=C(Cl)N=C(CN)C(=O)CCCCc1ccc(OCCOCCOCCNC(=O)C(=O)NCCOCCOCCOc2ccc(CCCCN=C(N)NC(=O)c3nc(Cl)c(N)nc3N)cc2)cc1. The highest BCUT2D eigenvalue weighted by molar-refractivity contribution is 6.42. The number of carbonyl (C=O) groups is 4. The Kier molecular flexibility index (Phi) is 28.3. The van der Waals surface area contributed by atoms with Crippen molar-refractivity contribution in [1.29, 1.82) is 0 Å². The van der Waals surface area contributed by atoms with Gasteiger partial charge in [0.1, 0.15) is 29.9 Å². The largest absolute Gasteiger partial charge is 0.491 e. The summed E-state index contributed by atoms with van der Waals surface area (Å²) in [5, 5.41) is 7.30. The molecule has 0 spiro atoms. The van der Waals surface area contributed by atoms with Gasteiger partial charge in [0, 0.05) is 38.8 Å². The van der Waals surface area contributed by atoms with Crippen LogP contribution in [0.5, 0.6) is 11.5 Å². The number of nitrogens with zero attached hydrogens (tertiary/aromatic N) is 4. The number of carbonyl (C=O) groups excluding carboxylic acids is 4. The minimum absolute atomic E-state index is 0.00132. The number of rotatable bonds is 34. The van der Waals surface area contributed by atoms with Gasteiger partial charge in [-0.1, -0.05) is 47.5 Å². The van der Waals surface area contributed by atoms with Crippen LogP contribution in [-0.4, -0.2) is 137 Å². The fourth-order valence-corrected chi connectivity index (χ4v) is 6.06. The maximum atomic E-state index is 12.3. The van der Waals surface area contributed by atoms with E-state index < -0.39 is 17.7 Å². The molecule has 69 heavy (non-hydrogen) atoms. The molecule has 0 radical (unpaired) electrons. The second kappa shape index (κ2) is 34.2. The molecule has 0 atom stereocenters. The zero-order valence-electron chi connectivity index (χ0n) is 38.6. The number of hydrogen-bond acceptors (Lipinski definition) is 18. The number of aliphatic imine (C=N–C) groups is 2. The predicted molar refractivity (Wildman–Crippen MR) is 263 cm³/mol. The lowest BCUT2D eigenvalue weighted by molar-refractivity contribution is -0.139. The van der Waals surface area contributed by atoms with E-state index in [4.69, 9.17) is 80.3 Å². The smallest absolute Gasteiger partial charge is 0.309 e. The van der Waals surface area contributed by atoms with Crippen LogP contribution in [0, 0.1) is 0 Å². The van der Waals surface area contributed by atoms with Gasteiger partial charge in [-0.25, -0.2) is 15.0 Å². The molecule has 0 unspecified atom stereocenters. The molecular weight excluding hydrogens is 939 g/mol. The number of nitrogen functional groups attached to an aromatic ring is 2. The number of ether oxygens (including phenoxy) is 6. The first-order valence-corrected chi connectivity index (χ1v) is 23.0. The molecule has 1 heterocycles. The Hall–Kier alpha value is -6.14. The average molecular weight is 1000 g/mol. The van der Waals surface area contributed by atoms with Crippen molar-refractivity contribution in [2.24, 2.45) is 27.2 Å². The summed E-state index contributed by atoms with van der Waals surface area (Å²) in [6.45, 7) is 3.90. The number of hydrogen-bond donors (Lipinski definition) is 8. The number of guanidine groups is 1. The third-order valence-corrected chi connectivity index (χ3v) is 9.87. The molecule has 0 aliphatic heterocycles. The fourth-order valence-electron chi connectivity index (χ4n) is 5.83. The van der Waals surface area contributed by atoms with Crippen LogP contribution in [0.3, 0.4) is 0 Å². The molecule has 24 heteroatoms. The van der Waals surface area contributed by atoms with E-state index in [1.807, 2.05) is 48.5 Å². The predicted octanol–water partition coefficient (Wildman–Crippen LogP) is 1.80. The molecule has 0 aliphatic carbocycles. The number of Topliss-reactive ketones (excluding diaryl/α,β-unsaturated/α-hetero) is 1. The third-order valence-electron chi connectivity index (χ3n) is 9.38. The summed E-state index contributed by atoms with van der Waals surface area (Å²) in [5.41, 5.74) is 30.2. The summed E-state index contributed by atoms with van der Waals surface area (Å²) in [6.07, 6.45) is 6.18. The Morgan fingerprint density at radius 3 is 1.67 bits per heavy atom. The van der Waals surface area contributed by atoms with Gasteiger partial charge in [-0.15, -0.1) is 0 Å². The van der Waals surface area contributed by atoms with Crippen LogP contribution >= 0.6 is 23.2 Å². The van der Waals surface area contributed by atoms with Gasteiger partial charge in [-0.2, -0.15) is 0 Å². The zero-order valence-corrected chi connectivity index (χ0v) is 40.1. The van der Waals surface area contributed by atoms with Crippen molar-refractivity contribution in [3.8, 4) is 11.5 Å². The van der Waals surface area contributed by atoms with Crippen LogP contribution in [-0.2, 0) is 46.2 Å². The number of aromatic nitrogens is 2. The van der Waals surface area contributed by atoms with Gasteiger partial charge in [0.05, 0.1) is 58.6 Å². The van der Waals surface area contributed by atoms with Crippen molar-refractivity contribution in [2.45, 2.75) is 44.9 Å². The van der Waals surface area contributed by atoms with Crippen molar-refractivity contribution in [1.82, 2.24) is 25.9 Å². The first kappa shape index (κ1) is 57.2. The molecule has 1 aromatic heterocycles. The number of benzene rings is 2. The van der Waals surface area contributed by atoms with Crippen molar-refractivity contribution in [3.63, 3.8) is 0 Å². The molecule has 3 rings (SSSR count). The minimum Gasteiger partial charge on any atom is -0.491 e. The van der Waals surface area contributed by atoms with Crippen LogP contribution in [0.15, 0.2) is 69.9 Å². The lowest BCUT2D eigenvalue weighted by Crippen LogP contribution is -2.42. The Morgan fingerprint density at radius 1 is 0.667 bits per heavy atom. The molecule has 13 N–H and O–H groups in total. The number of amides is 3. The van der Waals surface area contributed by atoms with E-state index in [0.717, 1.165) is 55.2 Å². The number of ketones is 1. The fraction of sp³-hybridized carbons (Fsp3) is 0.467. The van der Waals surface area contributed by atoms with E-state index in [9.17, 15) is 19.2 Å². The van der Waals surface area contributed by atoms with Gasteiger partial charge in [0.2, 0.25) is 0 Å². The molecule has 0 saturated carbocycles. The molecule has 3 amide bonds.